The molecule has 5 heteroatoms. The molecule has 1 aromatic rings. The predicted octanol–water partition coefficient (Wildman–Crippen LogP) is 4.02. The molecule has 0 saturated carbocycles. The van der Waals surface area contributed by atoms with Crippen molar-refractivity contribution in [3.63, 3.8) is 0 Å². The molecule has 0 fully saturated rings. The molecule has 1 aliphatic carbocycles. The molecule has 0 aromatic heterocycles. The molecule has 0 atom stereocenters. The molecule has 1 N–H and O–H groups in total. The highest BCUT2D eigenvalue weighted by Crippen LogP contribution is 2.36. The van der Waals surface area contributed by atoms with Crippen molar-refractivity contribution < 1.29 is 10.1 Å². The van der Waals surface area contributed by atoms with E-state index in [2.05, 4.69) is 19.0 Å². The van der Waals surface area contributed by atoms with Gasteiger partial charge in [0.2, 0.25) is 0 Å². The highest BCUT2D eigenvalue weighted by molar-refractivity contribution is 6.26. The number of nitro benzene ring substituents is 1. The third kappa shape index (κ3) is 2.87. The van der Waals surface area contributed by atoms with E-state index < -0.39 is 4.92 Å². The van der Waals surface area contributed by atoms with Crippen LogP contribution in [0.25, 0.3) is 5.57 Å². The monoisotopic (exact) mass is 274 g/mol. The van der Waals surface area contributed by atoms with Crippen LogP contribution in [0.4, 0.5) is 5.69 Å². The topological polar surface area (TPSA) is 75.7 Å². The molecule has 0 unspecified atom stereocenters. The van der Waals surface area contributed by atoms with Gasteiger partial charge in [-0.2, -0.15) is 0 Å². The van der Waals surface area contributed by atoms with E-state index in [0.29, 0.717) is 18.1 Å². The summed E-state index contributed by atoms with van der Waals surface area (Å²) in [5.74, 6) is 0.497. The maximum absolute atomic E-state index is 10.9. The maximum atomic E-state index is 10.9. The Morgan fingerprint density at radius 1 is 1.40 bits per heavy atom. The van der Waals surface area contributed by atoms with Gasteiger partial charge in [-0.1, -0.05) is 36.7 Å². The minimum atomic E-state index is -0.406. The number of rotatable bonds is 4. The first kappa shape index (κ1) is 14.2. The van der Waals surface area contributed by atoms with Gasteiger partial charge in [0.25, 0.3) is 5.69 Å². The van der Waals surface area contributed by atoms with Crippen molar-refractivity contribution in [1.29, 1.82) is 0 Å². The van der Waals surface area contributed by atoms with Gasteiger partial charge in [-0.15, -0.1) is 0 Å². The van der Waals surface area contributed by atoms with Crippen molar-refractivity contribution in [3.05, 3.63) is 45.5 Å². The molecule has 0 heterocycles. The third-order valence-electron chi connectivity index (χ3n) is 3.43. The van der Waals surface area contributed by atoms with Crippen LogP contribution in [0, 0.1) is 16.0 Å². The number of nitro groups is 1. The molecular formula is C15H18N2O3. The number of hydrogen-bond donors (Lipinski definition) is 1. The fraction of sp³-hybridized carbons (Fsp3) is 0.400. The number of benzene rings is 1. The van der Waals surface area contributed by atoms with Crippen LogP contribution in [0.3, 0.4) is 0 Å². The van der Waals surface area contributed by atoms with Crippen LogP contribution >= 0.6 is 0 Å². The van der Waals surface area contributed by atoms with Crippen LogP contribution in [0.2, 0.25) is 0 Å². The Balaban J connectivity index is 2.50. The van der Waals surface area contributed by atoms with Crippen molar-refractivity contribution in [3.8, 4) is 0 Å². The lowest BCUT2D eigenvalue weighted by molar-refractivity contribution is -0.384. The van der Waals surface area contributed by atoms with E-state index in [0.717, 1.165) is 24.0 Å². The fourth-order valence-electron chi connectivity index (χ4n) is 2.67. The van der Waals surface area contributed by atoms with Crippen molar-refractivity contribution >= 4 is 17.0 Å². The van der Waals surface area contributed by atoms with E-state index in [1.807, 2.05) is 6.07 Å². The Bertz CT molecular complexity index is 589. The van der Waals surface area contributed by atoms with Gasteiger partial charge in [0.15, 0.2) is 0 Å². The fourth-order valence-corrected chi connectivity index (χ4v) is 2.67. The summed E-state index contributed by atoms with van der Waals surface area (Å²) < 4.78 is 0. The summed E-state index contributed by atoms with van der Waals surface area (Å²) in [4.78, 5) is 10.5. The number of hydrogen-bond acceptors (Lipinski definition) is 4. The van der Waals surface area contributed by atoms with Crippen LogP contribution in [0.15, 0.2) is 35.0 Å². The molecule has 106 valence electrons. The van der Waals surface area contributed by atoms with E-state index in [1.54, 1.807) is 12.1 Å². The van der Waals surface area contributed by atoms with Crippen LogP contribution in [-0.4, -0.2) is 15.8 Å². The second kappa shape index (κ2) is 5.86. The second-order valence-electron chi connectivity index (χ2n) is 5.43. The quantitative estimate of drug-likeness (QED) is 0.512. The van der Waals surface area contributed by atoms with Gasteiger partial charge in [-0.3, -0.25) is 10.1 Å². The van der Waals surface area contributed by atoms with E-state index in [-0.39, 0.29) is 5.69 Å². The first-order valence-corrected chi connectivity index (χ1v) is 6.71. The zero-order valence-corrected chi connectivity index (χ0v) is 11.7. The van der Waals surface area contributed by atoms with Crippen molar-refractivity contribution in [1.82, 2.24) is 0 Å². The van der Waals surface area contributed by atoms with Gasteiger partial charge in [0.1, 0.15) is 0 Å². The molecule has 5 nitrogen and oxygen atoms in total. The number of nitrogens with zero attached hydrogens (tertiary/aromatic N) is 2. The standard InChI is InChI=1S/C15H18N2O3/c1-10(2)8-12-6-7-14(16-18)15(12)11-4-3-5-13(9-11)17(19)20/h3-5,9-10,18H,6-8H2,1-2H3/b16-14+. The minimum absolute atomic E-state index is 0.0584. The Hall–Kier alpha value is -2.17. The second-order valence-corrected chi connectivity index (χ2v) is 5.43. The third-order valence-corrected chi connectivity index (χ3v) is 3.43. The molecule has 0 aliphatic heterocycles. The minimum Gasteiger partial charge on any atom is -0.411 e. The summed E-state index contributed by atoms with van der Waals surface area (Å²) in [5, 5.41) is 23.4. The summed E-state index contributed by atoms with van der Waals surface area (Å²) in [7, 11) is 0. The zero-order valence-electron chi connectivity index (χ0n) is 11.7. The van der Waals surface area contributed by atoms with E-state index >= 15 is 0 Å². The highest BCUT2D eigenvalue weighted by atomic mass is 16.6. The lowest BCUT2D eigenvalue weighted by Gasteiger charge is -2.10. The number of allylic oxidation sites excluding steroid dienone is 2. The van der Waals surface area contributed by atoms with Crippen molar-refractivity contribution in [2.45, 2.75) is 33.1 Å². The zero-order chi connectivity index (χ0) is 14.7. The summed E-state index contributed by atoms with van der Waals surface area (Å²) >= 11 is 0. The van der Waals surface area contributed by atoms with Gasteiger partial charge in [0.05, 0.1) is 10.6 Å². The molecule has 0 spiro atoms. The summed E-state index contributed by atoms with van der Waals surface area (Å²) in [5.41, 5.74) is 3.54. The smallest absolute Gasteiger partial charge is 0.270 e. The van der Waals surface area contributed by atoms with E-state index in [9.17, 15) is 10.1 Å². The van der Waals surface area contributed by atoms with Crippen molar-refractivity contribution in [2.75, 3.05) is 0 Å². The lowest BCUT2D eigenvalue weighted by atomic mass is 9.95. The van der Waals surface area contributed by atoms with Gasteiger partial charge < -0.3 is 5.21 Å². The van der Waals surface area contributed by atoms with Crippen LogP contribution in [0.5, 0.6) is 0 Å². The molecule has 0 amide bonds. The van der Waals surface area contributed by atoms with Gasteiger partial charge in [-0.05, 0) is 30.7 Å². The van der Waals surface area contributed by atoms with Gasteiger partial charge in [-0.25, -0.2) is 0 Å². The summed E-state index contributed by atoms with van der Waals surface area (Å²) in [6.07, 6.45) is 2.46. The molecule has 0 bridgehead atoms. The number of oxime groups is 1. The lowest BCUT2D eigenvalue weighted by Crippen LogP contribution is -1.99. The first-order valence-electron chi connectivity index (χ1n) is 6.71. The first-order chi connectivity index (χ1) is 9.52. The summed E-state index contributed by atoms with van der Waals surface area (Å²) in [6, 6.07) is 6.52. The Morgan fingerprint density at radius 3 is 2.75 bits per heavy atom. The Kier molecular flexibility index (Phi) is 4.17. The Labute approximate surface area is 117 Å². The average Bonchev–Trinajstić information content (AvgIpc) is 2.80. The molecule has 0 radical (unpaired) electrons. The predicted molar refractivity (Wildman–Crippen MR) is 77.9 cm³/mol. The normalized spacial score (nSPS) is 17.2. The molecule has 1 aliphatic rings. The van der Waals surface area contributed by atoms with E-state index in [4.69, 9.17) is 5.21 Å². The highest BCUT2D eigenvalue weighted by Gasteiger charge is 2.24. The summed E-state index contributed by atoms with van der Waals surface area (Å²) in [6.45, 7) is 4.26. The molecule has 1 aromatic carbocycles. The van der Waals surface area contributed by atoms with Gasteiger partial charge >= 0.3 is 0 Å². The largest absolute Gasteiger partial charge is 0.411 e. The SMILES string of the molecule is CC(C)CC1=C(c2cccc([N+](=O)[O-])c2)/C(=N/O)CC1. The van der Waals surface area contributed by atoms with Crippen LogP contribution in [0.1, 0.15) is 38.7 Å². The van der Waals surface area contributed by atoms with Crippen LogP contribution < -0.4 is 0 Å². The van der Waals surface area contributed by atoms with Gasteiger partial charge in [0, 0.05) is 17.7 Å². The maximum Gasteiger partial charge on any atom is 0.270 e. The molecule has 0 saturated heterocycles. The molecule has 20 heavy (non-hydrogen) atoms. The molecule has 2 rings (SSSR count). The average molecular weight is 274 g/mol. The van der Waals surface area contributed by atoms with E-state index in [1.165, 1.54) is 11.6 Å². The van der Waals surface area contributed by atoms with Crippen molar-refractivity contribution in [2.24, 2.45) is 11.1 Å². The molecular weight excluding hydrogens is 256 g/mol. The van der Waals surface area contributed by atoms with Crippen LogP contribution in [-0.2, 0) is 0 Å². The Morgan fingerprint density at radius 2 is 2.15 bits per heavy atom. The number of non-ortho nitro benzene ring substituents is 1.